The molecule has 4 heterocycles. The van der Waals surface area contributed by atoms with Gasteiger partial charge in [-0.15, -0.1) is 0 Å². The van der Waals surface area contributed by atoms with E-state index in [0.717, 1.165) is 28.4 Å². The summed E-state index contributed by atoms with van der Waals surface area (Å²) in [5.74, 6) is 0.773. The van der Waals surface area contributed by atoms with Crippen LogP contribution >= 0.6 is 11.6 Å². The third-order valence-corrected chi connectivity index (χ3v) is 3.71. The van der Waals surface area contributed by atoms with E-state index >= 15 is 0 Å². The standard InChI is InChI=1S/C16H12ClN5/c1-11-3-7-22(20-11)16-8-12(2-5-18-16)14-10-19-15-9-13(17)4-6-21(14)15/h2-10H,1H3. The fourth-order valence-electron chi connectivity index (χ4n) is 2.42. The second-order valence-corrected chi connectivity index (χ2v) is 5.46. The maximum Gasteiger partial charge on any atom is 0.153 e. The summed E-state index contributed by atoms with van der Waals surface area (Å²) in [6.45, 7) is 1.95. The summed E-state index contributed by atoms with van der Waals surface area (Å²) in [6, 6.07) is 9.58. The van der Waals surface area contributed by atoms with Crippen LogP contribution in [-0.4, -0.2) is 24.1 Å². The lowest BCUT2D eigenvalue weighted by Gasteiger charge is -2.05. The smallest absolute Gasteiger partial charge is 0.153 e. The first-order valence-corrected chi connectivity index (χ1v) is 7.20. The molecule has 0 aromatic carbocycles. The molecule has 4 aromatic heterocycles. The fraction of sp³-hybridized carbons (Fsp3) is 0.0625. The lowest BCUT2D eigenvalue weighted by atomic mass is 10.2. The highest BCUT2D eigenvalue weighted by Gasteiger charge is 2.08. The number of rotatable bonds is 2. The van der Waals surface area contributed by atoms with Crippen molar-refractivity contribution in [3.63, 3.8) is 0 Å². The Kier molecular flexibility index (Phi) is 2.94. The summed E-state index contributed by atoms with van der Waals surface area (Å²) in [5, 5.41) is 5.06. The number of aryl methyl sites for hydroxylation is 1. The summed E-state index contributed by atoms with van der Waals surface area (Å²) >= 11 is 6.01. The van der Waals surface area contributed by atoms with Gasteiger partial charge in [-0.3, -0.25) is 4.40 Å². The average molecular weight is 310 g/mol. The van der Waals surface area contributed by atoms with Gasteiger partial charge < -0.3 is 0 Å². The van der Waals surface area contributed by atoms with Crippen LogP contribution in [0.4, 0.5) is 0 Å². The molecule has 0 aliphatic rings. The van der Waals surface area contributed by atoms with Gasteiger partial charge in [0.2, 0.25) is 0 Å². The van der Waals surface area contributed by atoms with Gasteiger partial charge >= 0.3 is 0 Å². The maximum atomic E-state index is 6.01. The van der Waals surface area contributed by atoms with Gasteiger partial charge in [-0.05, 0) is 31.2 Å². The van der Waals surface area contributed by atoms with Gasteiger partial charge in [-0.25, -0.2) is 14.6 Å². The molecule has 4 aromatic rings. The molecule has 6 heteroatoms. The van der Waals surface area contributed by atoms with Gasteiger partial charge in [0.05, 0.1) is 17.6 Å². The van der Waals surface area contributed by atoms with Crippen molar-refractivity contribution >= 4 is 17.2 Å². The number of imidazole rings is 1. The molecule has 5 nitrogen and oxygen atoms in total. The first-order valence-electron chi connectivity index (χ1n) is 6.82. The molecule has 0 atom stereocenters. The molecule has 0 unspecified atom stereocenters. The second kappa shape index (κ2) is 4.96. The third-order valence-electron chi connectivity index (χ3n) is 3.47. The van der Waals surface area contributed by atoms with Gasteiger partial charge in [0.25, 0.3) is 0 Å². The molecule has 0 amide bonds. The molecule has 0 saturated carbocycles. The molecule has 0 radical (unpaired) electrons. The largest absolute Gasteiger partial charge is 0.300 e. The molecule has 0 N–H and O–H groups in total. The highest BCUT2D eigenvalue weighted by atomic mass is 35.5. The molecule has 0 fully saturated rings. The van der Waals surface area contributed by atoms with E-state index in [-0.39, 0.29) is 0 Å². The van der Waals surface area contributed by atoms with Crippen molar-refractivity contribution in [2.24, 2.45) is 0 Å². The van der Waals surface area contributed by atoms with Crippen LogP contribution in [0.1, 0.15) is 5.69 Å². The van der Waals surface area contributed by atoms with Gasteiger partial charge in [0.1, 0.15) is 5.65 Å². The van der Waals surface area contributed by atoms with E-state index < -0.39 is 0 Å². The van der Waals surface area contributed by atoms with E-state index in [4.69, 9.17) is 11.6 Å². The van der Waals surface area contributed by atoms with Gasteiger partial charge in [0, 0.05) is 35.2 Å². The molecule has 0 aliphatic carbocycles. The monoisotopic (exact) mass is 309 g/mol. The van der Waals surface area contributed by atoms with Gasteiger partial charge in [-0.1, -0.05) is 11.6 Å². The minimum Gasteiger partial charge on any atom is -0.300 e. The number of hydrogen-bond donors (Lipinski definition) is 0. The normalized spacial score (nSPS) is 11.2. The van der Waals surface area contributed by atoms with E-state index in [0.29, 0.717) is 5.02 Å². The topological polar surface area (TPSA) is 48.0 Å². The number of halogens is 1. The summed E-state index contributed by atoms with van der Waals surface area (Å²) < 4.78 is 3.76. The number of fused-ring (bicyclic) bond motifs is 1. The van der Waals surface area contributed by atoms with E-state index in [1.807, 2.05) is 60.2 Å². The molecule has 22 heavy (non-hydrogen) atoms. The summed E-state index contributed by atoms with van der Waals surface area (Å²) in [5.41, 5.74) is 3.78. The SMILES string of the molecule is Cc1ccn(-c2cc(-c3cnc4cc(Cl)ccn34)ccn2)n1. The number of hydrogen-bond acceptors (Lipinski definition) is 3. The van der Waals surface area contributed by atoms with Crippen molar-refractivity contribution in [3.05, 3.63) is 65.8 Å². The first kappa shape index (κ1) is 13.0. The molecule has 4 rings (SSSR count). The zero-order valence-electron chi connectivity index (χ0n) is 11.8. The van der Waals surface area contributed by atoms with E-state index in [2.05, 4.69) is 15.1 Å². The predicted octanol–water partition coefficient (Wildman–Crippen LogP) is 3.54. The van der Waals surface area contributed by atoms with Crippen LogP contribution in [0.25, 0.3) is 22.7 Å². The Morgan fingerprint density at radius 3 is 2.77 bits per heavy atom. The first-order chi connectivity index (χ1) is 10.7. The highest BCUT2D eigenvalue weighted by Crippen LogP contribution is 2.23. The Hall–Kier alpha value is -2.66. The van der Waals surface area contributed by atoms with Crippen molar-refractivity contribution < 1.29 is 0 Å². The van der Waals surface area contributed by atoms with Crippen LogP contribution in [0.3, 0.4) is 0 Å². The van der Waals surface area contributed by atoms with Crippen LogP contribution in [-0.2, 0) is 0 Å². The zero-order valence-corrected chi connectivity index (χ0v) is 12.6. The quantitative estimate of drug-likeness (QED) is 0.569. The van der Waals surface area contributed by atoms with Crippen LogP contribution in [0, 0.1) is 6.92 Å². The summed E-state index contributed by atoms with van der Waals surface area (Å²) in [6.07, 6.45) is 7.42. The molecule has 108 valence electrons. The lowest BCUT2D eigenvalue weighted by Crippen LogP contribution is -1.99. The second-order valence-electron chi connectivity index (χ2n) is 5.02. The van der Waals surface area contributed by atoms with E-state index in [1.165, 1.54) is 0 Å². The van der Waals surface area contributed by atoms with Crippen molar-refractivity contribution in [1.82, 2.24) is 24.1 Å². The minimum atomic E-state index is 0.673. The Morgan fingerprint density at radius 1 is 1.05 bits per heavy atom. The van der Waals surface area contributed by atoms with Crippen molar-refractivity contribution in [2.75, 3.05) is 0 Å². The minimum absolute atomic E-state index is 0.673. The van der Waals surface area contributed by atoms with Crippen LogP contribution in [0.15, 0.2) is 55.1 Å². The third kappa shape index (κ3) is 2.16. The molecule has 0 saturated heterocycles. The fourth-order valence-corrected chi connectivity index (χ4v) is 2.57. The van der Waals surface area contributed by atoms with Crippen molar-refractivity contribution in [2.45, 2.75) is 6.92 Å². The van der Waals surface area contributed by atoms with Crippen molar-refractivity contribution in [1.29, 1.82) is 0 Å². The van der Waals surface area contributed by atoms with E-state index in [1.54, 1.807) is 10.9 Å². The molecule has 0 bridgehead atoms. The van der Waals surface area contributed by atoms with Crippen LogP contribution in [0.2, 0.25) is 5.02 Å². The van der Waals surface area contributed by atoms with Crippen molar-refractivity contribution in [3.8, 4) is 17.1 Å². The Bertz CT molecular complexity index is 970. The molecular weight excluding hydrogens is 298 g/mol. The number of nitrogens with zero attached hydrogens (tertiary/aromatic N) is 5. The molecular formula is C16H12ClN5. The highest BCUT2D eigenvalue weighted by molar-refractivity contribution is 6.30. The van der Waals surface area contributed by atoms with Crippen LogP contribution in [0.5, 0.6) is 0 Å². The summed E-state index contributed by atoms with van der Waals surface area (Å²) in [4.78, 5) is 8.77. The Morgan fingerprint density at radius 2 is 1.95 bits per heavy atom. The van der Waals surface area contributed by atoms with Gasteiger partial charge in [-0.2, -0.15) is 5.10 Å². The van der Waals surface area contributed by atoms with E-state index in [9.17, 15) is 0 Å². The predicted molar refractivity (Wildman–Crippen MR) is 85.3 cm³/mol. The van der Waals surface area contributed by atoms with Crippen LogP contribution < -0.4 is 0 Å². The zero-order chi connectivity index (χ0) is 15.1. The Balaban J connectivity index is 1.85. The average Bonchev–Trinajstić information content (AvgIpc) is 3.13. The van der Waals surface area contributed by atoms with Gasteiger partial charge in [0.15, 0.2) is 5.82 Å². The Labute approximate surface area is 131 Å². The maximum absolute atomic E-state index is 6.01. The molecule has 0 spiro atoms. The number of pyridine rings is 2. The number of aromatic nitrogens is 5. The lowest BCUT2D eigenvalue weighted by molar-refractivity contribution is 0.832. The summed E-state index contributed by atoms with van der Waals surface area (Å²) in [7, 11) is 0. The molecule has 0 aliphatic heterocycles.